The smallest absolute Gasteiger partial charge is 0.338 e. The summed E-state index contributed by atoms with van der Waals surface area (Å²) in [5.74, 6) is -2.05. The lowest BCUT2D eigenvalue weighted by Gasteiger charge is -2.13. The summed E-state index contributed by atoms with van der Waals surface area (Å²) in [6.07, 6.45) is 3.53. The van der Waals surface area contributed by atoms with Gasteiger partial charge < -0.3 is 15.8 Å². The lowest BCUT2D eigenvalue weighted by atomic mass is 9.95. The van der Waals surface area contributed by atoms with Gasteiger partial charge in [0.2, 0.25) is 10.0 Å². The van der Waals surface area contributed by atoms with E-state index < -0.39 is 34.4 Å². The number of carbonyl (C=O) groups excluding carboxylic acids is 3. The number of thiophene rings is 1. The number of ether oxygens (including phenoxy) is 1. The molecule has 0 bridgehead atoms. The number of sulfonamides is 1. The summed E-state index contributed by atoms with van der Waals surface area (Å²) in [6, 6.07) is 4.13. The number of amides is 2. The second-order valence-corrected chi connectivity index (χ2v) is 10.9. The van der Waals surface area contributed by atoms with Crippen molar-refractivity contribution in [2.75, 3.05) is 26.0 Å². The first kappa shape index (κ1) is 23.9. The minimum atomic E-state index is -3.73. The number of nitrogens with one attached hydrogen (secondary N) is 1. The van der Waals surface area contributed by atoms with E-state index in [1.54, 1.807) is 6.92 Å². The Labute approximate surface area is 190 Å². The Morgan fingerprint density at radius 2 is 1.88 bits per heavy atom. The molecule has 32 heavy (non-hydrogen) atoms. The van der Waals surface area contributed by atoms with E-state index >= 15 is 0 Å². The number of anilines is 1. The summed E-state index contributed by atoms with van der Waals surface area (Å²) in [6.45, 7) is 1.04. The zero-order chi connectivity index (χ0) is 23.6. The predicted octanol–water partition coefficient (Wildman–Crippen LogP) is 2.08. The highest BCUT2D eigenvalue weighted by Gasteiger charge is 2.26. The standard InChI is InChI=1S/C21H25N3O6S2/c1-12-8-9-13(32(28,29)24(2)3)10-15(12)21(27)30-11-17(25)23-20-18(19(22)26)14-6-4-5-7-16(14)31-20/h8-10H,4-7,11H2,1-3H3,(H2,22,26)(H,23,25). The van der Waals surface area contributed by atoms with Gasteiger partial charge in [0.15, 0.2) is 6.61 Å². The van der Waals surface area contributed by atoms with Crippen LogP contribution in [0.3, 0.4) is 0 Å². The quantitative estimate of drug-likeness (QED) is 0.584. The molecule has 172 valence electrons. The summed E-state index contributed by atoms with van der Waals surface area (Å²) in [5.41, 5.74) is 7.28. The normalized spacial score (nSPS) is 13.5. The molecule has 3 rings (SSSR count). The van der Waals surface area contributed by atoms with Crippen molar-refractivity contribution in [2.45, 2.75) is 37.5 Å². The fraction of sp³-hybridized carbons (Fsp3) is 0.381. The van der Waals surface area contributed by atoms with Crippen LogP contribution in [0, 0.1) is 6.92 Å². The number of primary amides is 1. The van der Waals surface area contributed by atoms with Crippen molar-refractivity contribution in [3.63, 3.8) is 0 Å². The molecule has 2 aromatic rings. The minimum Gasteiger partial charge on any atom is -0.452 e. The summed E-state index contributed by atoms with van der Waals surface area (Å²) in [5, 5.41) is 2.98. The van der Waals surface area contributed by atoms with Crippen molar-refractivity contribution in [3.8, 4) is 0 Å². The molecule has 1 heterocycles. The highest BCUT2D eigenvalue weighted by molar-refractivity contribution is 7.89. The maximum Gasteiger partial charge on any atom is 0.338 e. The third kappa shape index (κ3) is 4.84. The van der Waals surface area contributed by atoms with Crippen molar-refractivity contribution in [3.05, 3.63) is 45.3 Å². The molecule has 3 N–H and O–H groups in total. The molecule has 1 aliphatic carbocycles. The molecule has 11 heteroatoms. The van der Waals surface area contributed by atoms with Gasteiger partial charge in [0.05, 0.1) is 16.0 Å². The van der Waals surface area contributed by atoms with Crippen LogP contribution in [0.15, 0.2) is 23.1 Å². The number of rotatable bonds is 7. The lowest BCUT2D eigenvalue weighted by Crippen LogP contribution is -2.24. The Hall–Kier alpha value is -2.76. The molecule has 0 saturated carbocycles. The van der Waals surface area contributed by atoms with E-state index in [0.29, 0.717) is 16.1 Å². The average molecular weight is 480 g/mol. The molecule has 2 amide bonds. The Balaban J connectivity index is 1.72. The molecule has 1 aliphatic rings. The van der Waals surface area contributed by atoms with Crippen LogP contribution in [-0.2, 0) is 32.4 Å². The third-order valence-corrected chi connectivity index (χ3v) is 8.23. The number of nitrogens with zero attached hydrogens (tertiary/aromatic N) is 1. The summed E-state index contributed by atoms with van der Waals surface area (Å²) in [7, 11) is -0.954. The Morgan fingerprint density at radius 3 is 2.53 bits per heavy atom. The topological polar surface area (TPSA) is 136 Å². The number of hydrogen-bond donors (Lipinski definition) is 2. The third-order valence-electron chi connectivity index (χ3n) is 5.21. The number of carbonyl (C=O) groups is 3. The monoisotopic (exact) mass is 479 g/mol. The van der Waals surface area contributed by atoms with Gasteiger partial charge in [-0.2, -0.15) is 0 Å². The number of benzene rings is 1. The van der Waals surface area contributed by atoms with Gasteiger partial charge in [0.1, 0.15) is 5.00 Å². The van der Waals surface area contributed by atoms with E-state index in [1.165, 1.54) is 43.6 Å². The second-order valence-electron chi connectivity index (χ2n) is 7.67. The Kier molecular flexibility index (Phi) is 7.01. The molecule has 0 radical (unpaired) electrons. The van der Waals surface area contributed by atoms with Crippen molar-refractivity contribution in [1.29, 1.82) is 0 Å². The summed E-state index contributed by atoms with van der Waals surface area (Å²) < 4.78 is 30.8. The van der Waals surface area contributed by atoms with Crippen LogP contribution in [0.5, 0.6) is 0 Å². The molecule has 0 fully saturated rings. The molecule has 0 atom stereocenters. The van der Waals surface area contributed by atoms with Gasteiger partial charge in [0, 0.05) is 19.0 Å². The van der Waals surface area contributed by atoms with Crippen molar-refractivity contribution in [1.82, 2.24) is 4.31 Å². The molecular weight excluding hydrogens is 454 g/mol. The van der Waals surface area contributed by atoms with Gasteiger partial charge >= 0.3 is 5.97 Å². The zero-order valence-electron chi connectivity index (χ0n) is 18.1. The first-order chi connectivity index (χ1) is 15.0. The fourth-order valence-corrected chi connectivity index (χ4v) is 5.72. The first-order valence-corrected chi connectivity index (χ1v) is 12.2. The van der Waals surface area contributed by atoms with Crippen LogP contribution in [-0.4, -0.2) is 51.2 Å². The number of nitrogens with two attached hydrogens (primary N) is 1. The molecule has 0 saturated heterocycles. The van der Waals surface area contributed by atoms with E-state index in [0.717, 1.165) is 40.4 Å². The van der Waals surface area contributed by atoms with Crippen molar-refractivity contribution in [2.24, 2.45) is 5.73 Å². The maximum atomic E-state index is 12.5. The highest BCUT2D eigenvalue weighted by atomic mass is 32.2. The summed E-state index contributed by atoms with van der Waals surface area (Å²) in [4.78, 5) is 37.8. The van der Waals surface area contributed by atoms with Crippen LogP contribution >= 0.6 is 11.3 Å². The fourth-order valence-electron chi connectivity index (χ4n) is 3.48. The van der Waals surface area contributed by atoms with Crippen LogP contribution in [0.4, 0.5) is 5.00 Å². The highest BCUT2D eigenvalue weighted by Crippen LogP contribution is 2.37. The van der Waals surface area contributed by atoms with E-state index in [2.05, 4.69) is 5.32 Å². The molecule has 9 nitrogen and oxygen atoms in total. The van der Waals surface area contributed by atoms with Crippen LogP contribution in [0.25, 0.3) is 0 Å². The van der Waals surface area contributed by atoms with Crippen LogP contribution in [0.2, 0.25) is 0 Å². The van der Waals surface area contributed by atoms with Crippen molar-refractivity contribution >= 4 is 44.1 Å². The van der Waals surface area contributed by atoms with Gasteiger partial charge in [-0.1, -0.05) is 6.07 Å². The zero-order valence-corrected chi connectivity index (χ0v) is 19.7. The summed E-state index contributed by atoms with van der Waals surface area (Å²) >= 11 is 1.31. The average Bonchev–Trinajstić information content (AvgIpc) is 3.09. The van der Waals surface area contributed by atoms with E-state index in [4.69, 9.17) is 10.5 Å². The van der Waals surface area contributed by atoms with Gasteiger partial charge in [-0.25, -0.2) is 17.5 Å². The second kappa shape index (κ2) is 9.39. The van der Waals surface area contributed by atoms with E-state index in [-0.39, 0.29) is 10.5 Å². The number of esters is 1. The maximum absolute atomic E-state index is 12.5. The lowest BCUT2D eigenvalue weighted by molar-refractivity contribution is -0.119. The SMILES string of the molecule is Cc1ccc(S(=O)(=O)N(C)C)cc1C(=O)OCC(=O)Nc1sc2c(c1C(N)=O)CCCC2. The van der Waals surface area contributed by atoms with Gasteiger partial charge in [-0.15, -0.1) is 11.3 Å². The molecular formula is C21H25N3O6S2. The Bertz CT molecular complexity index is 1180. The molecule has 0 spiro atoms. The van der Waals surface area contributed by atoms with Crippen molar-refractivity contribution < 1.29 is 27.5 Å². The number of hydrogen-bond acceptors (Lipinski definition) is 7. The first-order valence-electron chi connectivity index (χ1n) is 9.97. The Morgan fingerprint density at radius 1 is 1.19 bits per heavy atom. The number of fused-ring (bicyclic) bond motifs is 1. The molecule has 0 unspecified atom stereocenters. The van der Waals surface area contributed by atoms with Crippen LogP contribution < -0.4 is 11.1 Å². The van der Waals surface area contributed by atoms with Gasteiger partial charge in [-0.05, 0) is 55.9 Å². The molecule has 1 aromatic heterocycles. The van der Waals surface area contributed by atoms with Gasteiger partial charge in [0.25, 0.3) is 11.8 Å². The van der Waals surface area contributed by atoms with Gasteiger partial charge in [-0.3, -0.25) is 9.59 Å². The molecule has 1 aromatic carbocycles. The molecule has 0 aliphatic heterocycles. The van der Waals surface area contributed by atoms with E-state index in [1.807, 2.05) is 0 Å². The van der Waals surface area contributed by atoms with Crippen LogP contribution in [0.1, 0.15) is 49.6 Å². The van der Waals surface area contributed by atoms with E-state index in [9.17, 15) is 22.8 Å². The number of aryl methyl sites for hydroxylation is 2. The minimum absolute atomic E-state index is 0.0464. The largest absolute Gasteiger partial charge is 0.452 e. The predicted molar refractivity (Wildman–Crippen MR) is 120 cm³/mol.